The van der Waals surface area contributed by atoms with Crippen LogP contribution in [0.15, 0.2) is 48.5 Å². The van der Waals surface area contributed by atoms with Crippen molar-refractivity contribution in [2.24, 2.45) is 5.92 Å². The van der Waals surface area contributed by atoms with E-state index < -0.39 is 6.04 Å². The molecule has 1 saturated heterocycles. The fraction of sp³-hybridized carbons (Fsp3) is 0.467. The lowest BCUT2D eigenvalue weighted by Gasteiger charge is -2.29. The molecule has 11 heteroatoms. The molecule has 3 aromatic rings. The quantitative estimate of drug-likeness (QED) is 0.278. The van der Waals surface area contributed by atoms with Gasteiger partial charge in [0.1, 0.15) is 6.04 Å². The Labute approximate surface area is 250 Å². The molecular weight excluding hydrogens is 562 g/mol. The van der Waals surface area contributed by atoms with E-state index in [-0.39, 0.29) is 49.1 Å². The van der Waals surface area contributed by atoms with Gasteiger partial charge in [-0.05, 0) is 30.2 Å². The standard InChI is InChI=1S/C30H38ClN5O4S/c1-3-27(37)34-25(17-28-35-24-10-9-22(31)16-26(24)41-28)30(39)33-23(15-21-7-5-4-6-8-21)18-32-29(38)20(2)19-36-11-13-40-14-12-36/h4-10,16,20,23,25H,3,11-15,17-19H2,1-2H3,(H,32,38)(H,33,39)(H,34,37)/t20-,23?,25+/m1/s1. The van der Waals surface area contributed by atoms with Gasteiger partial charge in [0.2, 0.25) is 17.7 Å². The van der Waals surface area contributed by atoms with Crippen molar-refractivity contribution in [3.63, 3.8) is 0 Å². The van der Waals surface area contributed by atoms with Gasteiger partial charge in [0, 0.05) is 50.0 Å². The van der Waals surface area contributed by atoms with Gasteiger partial charge in [-0.25, -0.2) is 4.98 Å². The van der Waals surface area contributed by atoms with Crippen molar-refractivity contribution in [2.75, 3.05) is 39.4 Å². The average Bonchev–Trinajstić information content (AvgIpc) is 3.37. The Morgan fingerprint density at radius 2 is 1.80 bits per heavy atom. The monoisotopic (exact) mass is 599 g/mol. The van der Waals surface area contributed by atoms with Gasteiger partial charge in [-0.3, -0.25) is 19.3 Å². The lowest BCUT2D eigenvalue weighted by Crippen LogP contribution is -2.54. The molecule has 3 amide bonds. The van der Waals surface area contributed by atoms with Crippen LogP contribution in [0.25, 0.3) is 10.2 Å². The second-order valence-corrected chi connectivity index (χ2v) is 11.9. The molecule has 3 atom stereocenters. The molecule has 2 aromatic carbocycles. The molecule has 2 heterocycles. The molecule has 1 aliphatic heterocycles. The number of morpholine rings is 1. The van der Waals surface area contributed by atoms with Gasteiger partial charge in [0.25, 0.3) is 0 Å². The SMILES string of the molecule is CCC(=O)N[C@@H](Cc1nc2ccc(Cl)cc2s1)C(=O)NC(CNC(=O)[C@H](C)CN1CCOCC1)Cc1ccccc1. The largest absolute Gasteiger partial charge is 0.379 e. The Bertz CT molecular complexity index is 1310. The first-order valence-corrected chi connectivity index (χ1v) is 15.3. The van der Waals surface area contributed by atoms with Crippen LogP contribution in [0.4, 0.5) is 0 Å². The van der Waals surface area contributed by atoms with Crippen LogP contribution in [-0.4, -0.2) is 79.1 Å². The first-order valence-electron chi connectivity index (χ1n) is 14.1. The van der Waals surface area contributed by atoms with E-state index in [1.165, 1.54) is 11.3 Å². The van der Waals surface area contributed by atoms with Crippen LogP contribution in [0.3, 0.4) is 0 Å². The summed E-state index contributed by atoms with van der Waals surface area (Å²) in [4.78, 5) is 45.8. The summed E-state index contributed by atoms with van der Waals surface area (Å²) in [5.41, 5.74) is 1.83. The van der Waals surface area contributed by atoms with E-state index in [4.69, 9.17) is 16.3 Å². The molecular formula is C30H38ClN5O4S. The van der Waals surface area contributed by atoms with E-state index in [1.54, 1.807) is 13.0 Å². The molecule has 0 radical (unpaired) electrons. The smallest absolute Gasteiger partial charge is 0.243 e. The maximum Gasteiger partial charge on any atom is 0.243 e. The summed E-state index contributed by atoms with van der Waals surface area (Å²) in [5, 5.41) is 10.3. The summed E-state index contributed by atoms with van der Waals surface area (Å²) < 4.78 is 6.33. The molecule has 0 bridgehead atoms. The number of amides is 3. The van der Waals surface area contributed by atoms with Crippen molar-refractivity contribution in [3.8, 4) is 0 Å². The molecule has 1 aromatic heterocycles. The van der Waals surface area contributed by atoms with E-state index in [0.29, 0.717) is 31.2 Å². The predicted octanol–water partition coefficient (Wildman–Crippen LogP) is 3.20. The molecule has 1 unspecified atom stereocenters. The van der Waals surface area contributed by atoms with Gasteiger partial charge in [-0.2, -0.15) is 0 Å². The van der Waals surface area contributed by atoms with Crippen LogP contribution in [0.2, 0.25) is 5.02 Å². The number of thiazole rings is 1. The number of aromatic nitrogens is 1. The van der Waals surface area contributed by atoms with Crippen molar-refractivity contribution in [1.29, 1.82) is 0 Å². The lowest BCUT2D eigenvalue weighted by molar-refractivity contribution is -0.129. The minimum atomic E-state index is -0.812. The van der Waals surface area contributed by atoms with Crippen molar-refractivity contribution >= 4 is 50.9 Å². The summed E-state index contributed by atoms with van der Waals surface area (Å²) in [6, 6.07) is 14.1. The van der Waals surface area contributed by atoms with Crippen LogP contribution in [0.1, 0.15) is 30.8 Å². The van der Waals surface area contributed by atoms with Crippen LogP contribution in [-0.2, 0) is 32.0 Å². The number of ether oxygens (including phenoxy) is 1. The third-order valence-corrected chi connectivity index (χ3v) is 8.30. The van der Waals surface area contributed by atoms with Crippen molar-refractivity contribution in [2.45, 2.75) is 45.2 Å². The minimum Gasteiger partial charge on any atom is -0.379 e. The minimum absolute atomic E-state index is 0.0622. The summed E-state index contributed by atoms with van der Waals surface area (Å²) in [5.74, 6) is -0.808. The highest BCUT2D eigenvalue weighted by Crippen LogP contribution is 2.26. The molecule has 3 N–H and O–H groups in total. The highest BCUT2D eigenvalue weighted by molar-refractivity contribution is 7.18. The predicted molar refractivity (Wildman–Crippen MR) is 162 cm³/mol. The number of benzene rings is 2. The number of hydrogen-bond donors (Lipinski definition) is 3. The van der Waals surface area contributed by atoms with Crippen molar-refractivity contribution in [3.05, 3.63) is 64.1 Å². The molecule has 41 heavy (non-hydrogen) atoms. The Morgan fingerprint density at radius 1 is 1.05 bits per heavy atom. The number of fused-ring (bicyclic) bond motifs is 1. The molecule has 1 aliphatic rings. The first-order chi connectivity index (χ1) is 19.8. The lowest BCUT2D eigenvalue weighted by atomic mass is 10.0. The van der Waals surface area contributed by atoms with Crippen LogP contribution >= 0.6 is 22.9 Å². The summed E-state index contributed by atoms with van der Waals surface area (Å²) in [6.07, 6.45) is 1.03. The van der Waals surface area contributed by atoms with Gasteiger partial charge in [-0.15, -0.1) is 11.3 Å². The van der Waals surface area contributed by atoms with Gasteiger partial charge >= 0.3 is 0 Å². The maximum absolute atomic E-state index is 13.6. The number of nitrogens with one attached hydrogen (secondary N) is 3. The van der Waals surface area contributed by atoms with Gasteiger partial charge < -0.3 is 20.7 Å². The summed E-state index contributed by atoms with van der Waals surface area (Å²) in [7, 11) is 0. The Balaban J connectivity index is 1.44. The molecule has 220 valence electrons. The van der Waals surface area contributed by atoms with Crippen LogP contribution in [0, 0.1) is 5.92 Å². The fourth-order valence-corrected chi connectivity index (χ4v) is 6.03. The first kappa shape index (κ1) is 30.9. The van der Waals surface area contributed by atoms with Crippen LogP contribution in [0.5, 0.6) is 0 Å². The second-order valence-electron chi connectivity index (χ2n) is 10.4. The maximum atomic E-state index is 13.6. The third kappa shape index (κ3) is 9.49. The van der Waals surface area contributed by atoms with E-state index >= 15 is 0 Å². The summed E-state index contributed by atoms with van der Waals surface area (Å²) in [6.45, 7) is 7.57. The number of hydrogen-bond acceptors (Lipinski definition) is 7. The zero-order valence-corrected chi connectivity index (χ0v) is 25.1. The molecule has 0 saturated carbocycles. The topological polar surface area (TPSA) is 113 Å². The molecule has 0 spiro atoms. The molecule has 0 aliphatic carbocycles. The van der Waals surface area contributed by atoms with E-state index in [1.807, 2.05) is 49.4 Å². The van der Waals surface area contributed by atoms with Crippen LogP contribution < -0.4 is 16.0 Å². The van der Waals surface area contributed by atoms with Gasteiger partial charge in [0.05, 0.1) is 34.5 Å². The number of rotatable bonds is 13. The van der Waals surface area contributed by atoms with E-state index in [9.17, 15) is 14.4 Å². The number of carbonyl (C=O) groups excluding carboxylic acids is 3. The molecule has 1 fully saturated rings. The number of nitrogens with zero attached hydrogens (tertiary/aromatic N) is 2. The Morgan fingerprint density at radius 3 is 2.54 bits per heavy atom. The number of halogens is 1. The van der Waals surface area contributed by atoms with E-state index in [0.717, 1.165) is 33.9 Å². The van der Waals surface area contributed by atoms with Gasteiger partial charge in [-0.1, -0.05) is 55.8 Å². The fourth-order valence-electron chi connectivity index (χ4n) is 4.74. The zero-order valence-electron chi connectivity index (χ0n) is 23.5. The van der Waals surface area contributed by atoms with Gasteiger partial charge in [0.15, 0.2) is 0 Å². The highest BCUT2D eigenvalue weighted by Gasteiger charge is 2.26. The van der Waals surface area contributed by atoms with Crippen molar-refractivity contribution < 1.29 is 19.1 Å². The average molecular weight is 600 g/mol. The third-order valence-electron chi connectivity index (χ3n) is 7.02. The summed E-state index contributed by atoms with van der Waals surface area (Å²) >= 11 is 7.59. The molecule has 9 nitrogen and oxygen atoms in total. The Kier molecular flexibility index (Phi) is 11.5. The highest BCUT2D eigenvalue weighted by atomic mass is 35.5. The normalized spacial score (nSPS) is 16.1. The Hall–Kier alpha value is -3.05. The molecule has 4 rings (SSSR count). The van der Waals surface area contributed by atoms with E-state index in [2.05, 4.69) is 25.8 Å². The zero-order chi connectivity index (χ0) is 29.2. The van der Waals surface area contributed by atoms with Crippen molar-refractivity contribution in [1.82, 2.24) is 25.8 Å². The second kappa shape index (κ2) is 15.3. The number of carbonyl (C=O) groups is 3.